The van der Waals surface area contributed by atoms with Crippen LogP contribution in [0.15, 0.2) is 69.3 Å². The van der Waals surface area contributed by atoms with Crippen molar-refractivity contribution >= 4 is 33.4 Å². The third kappa shape index (κ3) is 5.72. The van der Waals surface area contributed by atoms with E-state index < -0.39 is 10.0 Å². The topological polar surface area (TPSA) is 92.5 Å². The largest absolute Gasteiger partial charge is 0.431 e. The summed E-state index contributed by atoms with van der Waals surface area (Å²) >= 11 is 1.12. The van der Waals surface area contributed by atoms with Gasteiger partial charge in [0.1, 0.15) is 5.82 Å². The molecule has 3 rings (SSSR count). The van der Waals surface area contributed by atoms with Crippen LogP contribution >= 0.6 is 11.8 Å². The van der Waals surface area contributed by atoms with Crippen LogP contribution < -0.4 is 5.32 Å². The lowest BCUT2D eigenvalue weighted by molar-refractivity contribution is -0.113. The number of thioether (sulfide) groups is 1. The van der Waals surface area contributed by atoms with Gasteiger partial charge in [-0.15, -0.1) is 0 Å². The van der Waals surface area contributed by atoms with Crippen molar-refractivity contribution in [2.75, 3.05) is 24.2 Å². The molecule has 0 fully saturated rings. The number of hydrogen-bond donors (Lipinski definition) is 1. The molecule has 0 aliphatic carbocycles. The van der Waals surface area contributed by atoms with Crippen LogP contribution in [-0.2, 0) is 14.8 Å². The number of sulfonamides is 1. The van der Waals surface area contributed by atoms with Crippen LogP contribution in [0.2, 0.25) is 0 Å². The van der Waals surface area contributed by atoms with Gasteiger partial charge in [0.2, 0.25) is 15.9 Å². The average molecular weight is 464 g/mol. The SMILES string of the molecule is CCN(CC)S(=O)(=O)c1ccc(NC(=O)CSc2ncc(-c3ccc(F)cc3)o2)cc1. The van der Waals surface area contributed by atoms with Crippen molar-refractivity contribution in [3.63, 3.8) is 0 Å². The molecule has 2 aromatic carbocycles. The third-order valence-electron chi connectivity index (χ3n) is 4.42. The van der Waals surface area contributed by atoms with Gasteiger partial charge < -0.3 is 9.73 Å². The van der Waals surface area contributed by atoms with E-state index in [1.807, 2.05) is 0 Å². The maximum absolute atomic E-state index is 13.0. The molecule has 10 heteroatoms. The smallest absolute Gasteiger partial charge is 0.256 e. The molecule has 7 nitrogen and oxygen atoms in total. The van der Waals surface area contributed by atoms with Gasteiger partial charge in [-0.1, -0.05) is 25.6 Å². The lowest BCUT2D eigenvalue weighted by atomic mass is 10.2. The van der Waals surface area contributed by atoms with Crippen LogP contribution in [-0.4, -0.2) is 42.5 Å². The monoisotopic (exact) mass is 463 g/mol. The Morgan fingerprint density at radius 2 is 1.74 bits per heavy atom. The van der Waals surface area contributed by atoms with E-state index in [1.165, 1.54) is 34.8 Å². The number of aromatic nitrogens is 1. The number of amides is 1. The highest BCUT2D eigenvalue weighted by molar-refractivity contribution is 7.99. The van der Waals surface area contributed by atoms with Gasteiger partial charge in [0.15, 0.2) is 5.76 Å². The molecule has 3 aromatic rings. The van der Waals surface area contributed by atoms with Crippen LogP contribution in [0.1, 0.15) is 13.8 Å². The van der Waals surface area contributed by atoms with E-state index in [4.69, 9.17) is 4.42 Å². The maximum atomic E-state index is 13.0. The lowest BCUT2D eigenvalue weighted by Crippen LogP contribution is -2.30. The number of hydrogen-bond acceptors (Lipinski definition) is 6. The van der Waals surface area contributed by atoms with E-state index in [0.29, 0.717) is 35.3 Å². The van der Waals surface area contributed by atoms with Crippen molar-refractivity contribution in [1.82, 2.24) is 9.29 Å². The van der Waals surface area contributed by atoms with Gasteiger partial charge in [0, 0.05) is 24.3 Å². The van der Waals surface area contributed by atoms with E-state index in [0.717, 1.165) is 11.8 Å². The molecule has 1 heterocycles. The molecule has 0 spiro atoms. The van der Waals surface area contributed by atoms with E-state index in [9.17, 15) is 17.6 Å². The highest BCUT2D eigenvalue weighted by atomic mass is 32.2. The fourth-order valence-electron chi connectivity index (χ4n) is 2.82. The van der Waals surface area contributed by atoms with Crippen molar-refractivity contribution in [3.05, 3.63) is 60.5 Å². The zero-order valence-electron chi connectivity index (χ0n) is 17.0. The van der Waals surface area contributed by atoms with Crippen molar-refractivity contribution in [1.29, 1.82) is 0 Å². The molecule has 0 saturated carbocycles. The number of halogens is 1. The van der Waals surface area contributed by atoms with Crippen molar-refractivity contribution in [2.45, 2.75) is 24.0 Å². The minimum atomic E-state index is -3.54. The Kier molecular flexibility index (Phi) is 7.47. The van der Waals surface area contributed by atoms with Gasteiger partial charge in [-0.25, -0.2) is 17.8 Å². The summed E-state index contributed by atoms with van der Waals surface area (Å²) in [6.07, 6.45) is 1.52. The number of benzene rings is 2. The summed E-state index contributed by atoms with van der Waals surface area (Å²) in [4.78, 5) is 16.5. The minimum absolute atomic E-state index is 0.0584. The highest BCUT2D eigenvalue weighted by Gasteiger charge is 2.21. The molecule has 31 heavy (non-hydrogen) atoms. The van der Waals surface area contributed by atoms with E-state index in [1.54, 1.807) is 38.1 Å². The molecular weight excluding hydrogens is 441 g/mol. The Labute approximate surface area is 184 Å². The Balaban J connectivity index is 1.56. The Morgan fingerprint density at radius 3 is 2.35 bits per heavy atom. The summed E-state index contributed by atoms with van der Waals surface area (Å²) in [6, 6.07) is 11.9. The van der Waals surface area contributed by atoms with Crippen LogP contribution in [0.5, 0.6) is 0 Å². The average Bonchev–Trinajstić information content (AvgIpc) is 3.23. The molecule has 0 radical (unpaired) electrons. The van der Waals surface area contributed by atoms with Gasteiger partial charge in [0.25, 0.3) is 5.22 Å². The van der Waals surface area contributed by atoms with Crippen LogP contribution in [0, 0.1) is 5.82 Å². The molecule has 0 saturated heterocycles. The second-order valence-electron chi connectivity index (χ2n) is 6.45. The summed E-state index contributed by atoms with van der Waals surface area (Å²) in [7, 11) is -3.54. The predicted molar refractivity (Wildman–Crippen MR) is 118 cm³/mol. The molecule has 1 amide bonds. The van der Waals surface area contributed by atoms with E-state index in [-0.39, 0.29) is 22.4 Å². The first kappa shape index (κ1) is 23.0. The summed E-state index contributed by atoms with van der Waals surface area (Å²) in [5.41, 5.74) is 1.17. The molecule has 164 valence electrons. The number of nitrogens with zero attached hydrogens (tertiary/aromatic N) is 2. The quantitative estimate of drug-likeness (QED) is 0.477. The normalized spacial score (nSPS) is 11.6. The van der Waals surface area contributed by atoms with Crippen LogP contribution in [0.3, 0.4) is 0 Å². The molecule has 0 aliphatic heterocycles. The van der Waals surface area contributed by atoms with Crippen molar-refractivity contribution < 1.29 is 22.0 Å². The first-order valence-corrected chi connectivity index (χ1v) is 12.0. The van der Waals surface area contributed by atoms with Gasteiger partial charge in [-0.2, -0.15) is 4.31 Å². The molecule has 0 unspecified atom stereocenters. The fraction of sp³-hybridized carbons (Fsp3) is 0.238. The molecule has 0 aliphatic rings. The van der Waals surface area contributed by atoms with Gasteiger partial charge in [0.05, 0.1) is 16.8 Å². The summed E-state index contributed by atoms with van der Waals surface area (Å²) in [5.74, 6) is -0.0879. The van der Waals surface area contributed by atoms with Crippen LogP contribution in [0.4, 0.5) is 10.1 Å². The number of carbonyl (C=O) groups excluding carboxylic acids is 1. The fourth-order valence-corrected chi connectivity index (χ4v) is 4.88. The standard InChI is InChI=1S/C21H22FN3O4S2/c1-3-25(4-2)31(27,28)18-11-9-17(10-12-18)24-20(26)14-30-21-23-13-19(29-21)15-5-7-16(22)8-6-15/h5-13H,3-4,14H2,1-2H3,(H,24,26). The molecule has 0 atom stereocenters. The lowest BCUT2D eigenvalue weighted by Gasteiger charge is -2.18. The Bertz CT molecular complexity index is 1130. The van der Waals surface area contributed by atoms with E-state index in [2.05, 4.69) is 10.3 Å². The Morgan fingerprint density at radius 1 is 1.10 bits per heavy atom. The molecule has 0 bridgehead atoms. The molecule has 1 N–H and O–H groups in total. The first-order valence-electron chi connectivity index (χ1n) is 9.58. The minimum Gasteiger partial charge on any atom is -0.431 e. The summed E-state index contributed by atoms with van der Waals surface area (Å²) in [6.45, 7) is 4.34. The highest BCUT2D eigenvalue weighted by Crippen LogP contribution is 2.26. The summed E-state index contributed by atoms with van der Waals surface area (Å²) < 4.78 is 45.0. The van der Waals surface area contributed by atoms with Gasteiger partial charge in [-0.3, -0.25) is 4.79 Å². The van der Waals surface area contributed by atoms with Gasteiger partial charge >= 0.3 is 0 Å². The molecular formula is C21H22FN3O4S2. The van der Waals surface area contributed by atoms with Crippen molar-refractivity contribution in [3.8, 4) is 11.3 Å². The van der Waals surface area contributed by atoms with Crippen LogP contribution in [0.25, 0.3) is 11.3 Å². The Hall–Kier alpha value is -2.69. The second kappa shape index (κ2) is 10.1. The number of anilines is 1. The number of oxazole rings is 1. The van der Waals surface area contributed by atoms with E-state index >= 15 is 0 Å². The maximum Gasteiger partial charge on any atom is 0.256 e. The molecule has 1 aromatic heterocycles. The predicted octanol–water partition coefficient (Wildman–Crippen LogP) is 4.24. The number of nitrogens with one attached hydrogen (secondary N) is 1. The number of rotatable bonds is 9. The summed E-state index contributed by atoms with van der Waals surface area (Å²) in [5, 5.41) is 3.03. The van der Waals surface area contributed by atoms with Gasteiger partial charge in [-0.05, 0) is 48.5 Å². The van der Waals surface area contributed by atoms with Crippen molar-refractivity contribution in [2.24, 2.45) is 0 Å². The second-order valence-corrected chi connectivity index (χ2v) is 9.31. The zero-order chi connectivity index (χ0) is 22.4. The first-order chi connectivity index (χ1) is 14.8. The third-order valence-corrected chi connectivity index (χ3v) is 7.33. The zero-order valence-corrected chi connectivity index (χ0v) is 18.7. The number of carbonyl (C=O) groups is 1.